The van der Waals surface area contributed by atoms with Crippen LogP contribution in [0.5, 0.6) is 0 Å². The van der Waals surface area contributed by atoms with Gasteiger partial charge in [0, 0.05) is 24.3 Å². The Hall–Kier alpha value is -2.83. The van der Waals surface area contributed by atoms with Crippen molar-refractivity contribution in [1.29, 1.82) is 0 Å². The average Bonchev–Trinajstić information content (AvgIpc) is 3.56. The van der Waals surface area contributed by atoms with Gasteiger partial charge in [-0.2, -0.15) is 0 Å². The van der Waals surface area contributed by atoms with Gasteiger partial charge < -0.3 is 20.3 Å². The number of urea groups is 1. The first-order chi connectivity index (χ1) is 14.4. The molecule has 3 amide bonds. The summed E-state index contributed by atoms with van der Waals surface area (Å²) < 4.78 is 5.28. The molecule has 7 nitrogen and oxygen atoms in total. The summed E-state index contributed by atoms with van der Waals surface area (Å²) in [4.78, 5) is 38.5. The van der Waals surface area contributed by atoms with Gasteiger partial charge >= 0.3 is 12.0 Å². The van der Waals surface area contributed by atoms with Crippen molar-refractivity contribution in [3.05, 3.63) is 47.2 Å². The van der Waals surface area contributed by atoms with Gasteiger partial charge in [-0.15, -0.1) is 0 Å². The smallest absolute Gasteiger partial charge is 0.338 e. The fourth-order valence-corrected chi connectivity index (χ4v) is 3.51. The van der Waals surface area contributed by atoms with Crippen molar-refractivity contribution >= 4 is 17.9 Å². The molecule has 1 aromatic rings. The maximum Gasteiger partial charge on any atom is 0.338 e. The number of hydrogen-bond donors (Lipinski definition) is 2. The molecule has 0 saturated heterocycles. The number of rotatable bonds is 8. The third-order valence-electron chi connectivity index (χ3n) is 5.15. The van der Waals surface area contributed by atoms with Crippen LogP contribution in [0.4, 0.5) is 4.79 Å². The molecule has 1 fully saturated rings. The number of hydrogen-bond acceptors (Lipinski definition) is 4. The van der Waals surface area contributed by atoms with Crippen LogP contribution in [0.3, 0.4) is 0 Å². The molecule has 0 radical (unpaired) electrons. The molecule has 1 saturated carbocycles. The highest BCUT2D eigenvalue weighted by Gasteiger charge is 2.35. The highest BCUT2D eigenvalue weighted by Crippen LogP contribution is 2.33. The van der Waals surface area contributed by atoms with Crippen LogP contribution >= 0.6 is 0 Å². The van der Waals surface area contributed by atoms with Crippen LogP contribution in [0, 0.1) is 0 Å². The molecular weight excluding hydrogens is 382 g/mol. The molecule has 2 aliphatic carbocycles. The molecule has 0 aliphatic heterocycles. The van der Waals surface area contributed by atoms with Gasteiger partial charge in [0.2, 0.25) is 0 Å². The Kier molecular flexibility index (Phi) is 7.49. The number of benzene rings is 1. The lowest BCUT2D eigenvalue weighted by atomic mass is 10.0. The highest BCUT2D eigenvalue weighted by molar-refractivity contribution is 5.91. The monoisotopic (exact) mass is 413 g/mol. The van der Waals surface area contributed by atoms with E-state index >= 15 is 0 Å². The molecule has 7 heteroatoms. The van der Waals surface area contributed by atoms with Crippen LogP contribution in [0.2, 0.25) is 0 Å². The summed E-state index contributed by atoms with van der Waals surface area (Å²) in [6, 6.07) is 6.91. The Balaban J connectivity index is 1.48. The van der Waals surface area contributed by atoms with Crippen LogP contribution in [0.1, 0.15) is 68.3 Å². The summed E-state index contributed by atoms with van der Waals surface area (Å²) in [5.41, 5.74) is 2.34. The lowest BCUT2D eigenvalue weighted by Gasteiger charge is -2.27. The molecule has 1 aromatic carbocycles. The van der Waals surface area contributed by atoms with E-state index in [1.54, 1.807) is 24.3 Å². The normalized spacial score (nSPS) is 15.9. The van der Waals surface area contributed by atoms with E-state index in [0.29, 0.717) is 12.1 Å². The van der Waals surface area contributed by atoms with Crippen LogP contribution in [0.15, 0.2) is 36.0 Å². The fourth-order valence-electron chi connectivity index (χ4n) is 3.51. The SMILES string of the molecule is CC(C)NC(=O)NCc1ccc(C(=O)OCC(=O)N(C2=CCCCC2)C2CC2)cc1. The van der Waals surface area contributed by atoms with Crippen LogP contribution in [-0.4, -0.2) is 41.5 Å². The first kappa shape index (κ1) is 21.9. The molecule has 3 rings (SSSR count). The maximum atomic E-state index is 12.7. The Morgan fingerprint density at radius 1 is 1.13 bits per heavy atom. The number of nitrogens with one attached hydrogen (secondary N) is 2. The zero-order valence-electron chi connectivity index (χ0n) is 17.8. The number of ether oxygens (including phenoxy) is 1. The van der Waals surface area contributed by atoms with Gasteiger partial charge in [-0.3, -0.25) is 4.79 Å². The first-order valence-corrected chi connectivity index (χ1v) is 10.8. The largest absolute Gasteiger partial charge is 0.452 e. The van der Waals surface area contributed by atoms with Gasteiger partial charge in [-0.25, -0.2) is 9.59 Å². The molecule has 0 aromatic heterocycles. The number of esters is 1. The van der Waals surface area contributed by atoms with Gasteiger partial charge in [0.1, 0.15) is 0 Å². The van der Waals surface area contributed by atoms with Crippen molar-refractivity contribution in [2.75, 3.05) is 6.61 Å². The molecule has 0 atom stereocenters. The number of carbonyl (C=O) groups is 3. The molecule has 162 valence electrons. The van der Waals surface area contributed by atoms with E-state index in [0.717, 1.165) is 43.4 Å². The number of carbonyl (C=O) groups excluding carboxylic acids is 3. The molecule has 2 aliphatic rings. The topological polar surface area (TPSA) is 87.7 Å². The Labute approximate surface area is 177 Å². The minimum Gasteiger partial charge on any atom is -0.452 e. The second-order valence-electron chi connectivity index (χ2n) is 8.19. The lowest BCUT2D eigenvalue weighted by Crippen LogP contribution is -2.39. The van der Waals surface area contributed by atoms with Crippen molar-refractivity contribution < 1.29 is 19.1 Å². The molecule has 0 unspecified atom stereocenters. The van der Waals surface area contributed by atoms with E-state index in [2.05, 4.69) is 16.7 Å². The first-order valence-electron chi connectivity index (χ1n) is 10.8. The van der Waals surface area contributed by atoms with E-state index in [-0.39, 0.29) is 30.6 Å². The molecular formula is C23H31N3O4. The summed E-state index contributed by atoms with van der Waals surface area (Å²) in [6.45, 7) is 3.89. The second kappa shape index (κ2) is 10.3. The summed E-state index contributed by atoms with van der Waals surface area (Å²) in [5.74, 6) is -0.662. The predicted molar refractivity (Wildman–Crippen MR) is 114 cm³/mol. The zero-order valence-corrected chi connectivity index (χ0v) is 17.8. The second-order valence-corrected chi connectivity index (χ2v) is 8.19. The van der Waals surface area contributed by atoms with E-state index in [1.165, 1.54) is 6.42 Å². The van der Waals surface area contributed by atoms with Crippen molar-refractivity contribution in [1.82, 2.24) is 15.5 Å². The highest BCUT2D eigenvalue weighted by atomic mass is 16.5. The Morgan fingerprint density at radius 2 is 1.87 bits per heavy atom. The van der Waals surface area contributed by atoms with Gasteiger partial charge in [-0.05, 0) is 70.1 Å². The summed E-state index contributed by atoms with van der Waals surface area (Å²) >= 11 is 0. The van der Waals surface area contributed by atoms with E-state index < -0.39 is 5.97 Å². The van der Waals surface area contributed by atoms with Crippen molar-refractivity contribution in [3.8, 4) is 0 Å². The van der Waals surface area contributed by atoms with Gasteiger partial charge in [-0.1, -0.05) is 18.2 Å². The predicted octanol–water partition coefficient (Wildman–Crippen LogP) is 3.50. The Morgan fingerprint density at radius 3 is 2.47 bits per heavy atom. The number of nitrogens with zero attached hydrogens (tertiary/aromatic N) is 1. The lowest BCUT2D eigenvalue weighted by molar-refractivity contribution is -0.133. The third-order valence-corrected chi connectivity index (χ3v) is 5.15. The minimum absolute atomic E-state index is 0.0649. The molecule has 30 heavy (non-hydrogen) atoms. The number of amides is 3. The van der Waals surface area contributed by atoms with Gasteiger partial charge in [0.25, 0.3) is 5.91 Å². The summed E-state index contributed by atoms with van der Waals surface area (Å²) in [7, 11) is 0. The third kappa shape index (κ3) is 6.34. The minimum atomic E-state index is -0.520. The van der Waals surface area contributed by atoms with Crippen molar-refractivity contribution in [2.24, 2.45) is 0 Å². The van der Waals surface area contributed by atoms with Crippen LogP contribution in [0.25, 0.3) is 0 Å². The van der Waals surface area contributed by atoms with Crippen LogP contribution < -0.4 is 10.6 Å². The van der Waals surface area contributed by atoms with E-state index in [4.69, 9.17) is 4.74 Å². The summed E-state index contributed by atoms with van der Waals surface area (Å²) in [5, 5.41) is 5.51. The maximum absolute atomic E-state index is 12.7. The molecule has 0 heterocycles. The standard InChI is InChI=1S/C23H31N3O4/c1-16(2)25-23(29)24-14-17-8-10-18(11-9-17)22(28)30-15-21(27)26(20-12-13-20)19-6-4-3-5-7-19/h6,8-11,16,20H,3-5,7,12-15H2,1-2H3,(H2,24,25,29). The number of allylic oxidation sites excluding steroid dienone is 2. The zero-order chi connectivity index (χ0) is 21.5. The molecule has 0 spiro atoms. The quantitative estimate of drug-likeness (QED) is 0.639. The van der Waals surface area contributed by atoms with Gasteiger partial charge in [0.05, 0.1) is 5.56 Å². The molecule has 0 bridgehead atoms. The fraction of sp³-hybridized carbons (Fsp3) is 0.522. The van der Waals surface area contributed by atoms with Gasteiger partial charge in [0.15, 0.2) is 6.61 Å². The van der Waals surface area contributed by atoms with Crippen LogP contribution in [-0.2, 0) is 16.1 Å². The Bertz CT molecular complexity index is 797. The van der Waals surface area contributed by atoms with Crippen molar-refractivity contribution in [2.45, 2.75) is 71.0 Å². The summed E-state index contributed by atoms with van der Waals surface area (Å²) in [6.07, 6.45) is 8.37. The molecule has 2 N–H and O–H groups in total. The van der Waals surface area contributed by atoms with Crippen molar-refractivity contribution in [3.63, 3.8) is 0 Å². The van der Waals surface area contributed by atoms with E-state index in [1.807, 2.05) is 18.7 Å². The van der Waals surface area contributed by atoms with E-state index in [9.17, 15) is 14.4 Å². The average molecular weight is 414 g/mol.